The summed E-state index contributed by atoms with van der Waals surface area (Å²) in [6.45, 7) is 1.60. The molecule has 4 aromatic rings. The fraction of sp³-hybridized carbons (Fsp3) is 0.111. The van der Waals surface area contributed by atoms with Crippen molar-refractivity contribution in [2.24, 2.45) is 0 Å². The van der Waals surface area contributed by atoms with E-state index in [2.05, 4.69) is 15.1 Å². The molecule has 0 amide bonds. The highest BCUT2D eigenvalue weighted by Gasteiger charge is 2.17. The van der Waals surface area contributed by atoms with Gasteiger partial charge in [-0.25, -0.2) is 9.78 Å². The molecule has 0 fully saturated rings. The number of benzene rings is 1. The number of carbonyl (C=O) groups is 1. The number of aryl methyl sites for hydroxylation is 1. The van der Waals surface area contributed by atoms with Crippen LogP contribution < -0.4 is 0 Å². The van der Waals surface area contributed by atoms with Crippen LogP contribution in [-0.2, 0) is 11.3 Å². The number of aromatic nitrogens is 3. The van der Waals surface area contributed by atoms with Gasteiger partial charge in [0.25, 0.3) is 5.89 Å². The zero-order valence-corrected chi connectivity index (χ0v) is 13.3. The Labute approximate surface area is 142 Å². The second-order valence-corrected chi connectivity index (χ2v) is 5.36. The van der Waals surface area contributed by atoms with Crippen LogP contribution in [0.5, 0.6) is 0 Å². The van der Waals surface area contributed by atoms with Crippen molar-refractivity contribution in [1.82, 2.24) is 15.1 Å². The van der Waals surface area contributed by atoms with E-state index < -0.39 is 5.97 Å². The van der Waals surface area contributed by atoms with Gasteiger partial charge < -0.3 is 13.7 Å². The smallest absolute Gasteiger partial charge is 0.339 e. The van der Waals surface area contributed by atoms with Crippen LogP contribution >= 0.6 is 0 Å². The highest BCUT2D eigenvalue weighted by Crippen LogP contribution is 2.25. The van der Waals surface area contributed by atoms with Crippen molar-refractivity contribution >= 4 is 16.9 Å². The molecule has 7 nitrogen and oxygen atoms in total. The zero-order valence-electron chi connectivity index (χ0n) is 13.3. The number of nitrogens with zero attached hydrogens (tertiary/aromatic N) is 3. The van der Waals surface area contributed by atoms with Crippen molar-refractivity contribution in [1.29, 1.82) is 0 Å². The third kappa shape index (κ3) is 2.99. The van der Waals surface area contributed by atoms with E-state index in [-0.39, 0.29) is 12.5 Å². The molecule has 0 aliphatic rings. The summed E-state index contributed by atoms with van der Waals surface area (Å²) >= 11 is 0. The quantitative estimate of drug-likeness (QED) is 0.527. The Morgan fingerprint density at radius 2 is 2.04 bits per heavy atom. The average molecular weight is 335 g/mol. The molecule has 0 aliphatic carbocycles. The van der Waals surface area contributed by atoms with Crippen LogP contribution in [0.25, 0.3) is 22.4 Å². The van der Waals surface area contributed by atoms with Crippen LogP contribution in [0.1, 0.15) is 22.1 Å². The lowest BCUT2D eigenvalue weighted by molar-refractivity contribution is 0.0432. The molecule has 0 saturated carbocycles. The molecule has 7 heteroatoms. The molecule has 3 aromatic heterocycles. The van der Waals surface area contributed by atoms with Crippen molar-refractivity contribution in [3.63, 3.8) is 0 Å². The van der Waals surface area contributed by atoms with E-state index in [1.54, 1.807) is 31.4 Å². The summed E-state index contributed by atoms with van der Waals surface area (Å²) in [5, 5.41) is 4.36. The number of rotatable bonds is 4. The van der Waals surface area contributed by atoms with Gasteiger partial charge in [-0.05, 0) is 31.2 Å². The van der Waals surface area contributed by atoms with E-state index >= 15 is 0 Å². The van der Waals surface area contributed by atoms with E-state index in [1.165, 1.54) is 0 Å². The van der Waals surface area contributed by atoms with Crippen LogP contribution in [0.3, 0.4) is 0 Å². The molecular formula is C18H13N3O4. The van der Waals surface area contributed by atoms with Gasteiger partial charge >= 0.3 is 5.97 Å². The lowest BCUT2D eigenvalue weighted by Gasteiger charge is -2.08. The van der Waals surface area contributed by atoms with Gasteiger partial charge in [0.2, 0.25) is 0 Å². The first-order valence-electron chi connectivity index (χ1n) is 7.61. The largest absolute Gasteiger partial charge is 0.463 e. The van der Waals surface area contributed by atoms with Crippen molar-refractivity contribution in [2.45, 2.75) is 13.5 Å². The van der Waals surface area contributed by atoms with Crippen LogP contribution in [0, 0.1) is 6.92 Å². The van der Waals surface area contributed by atoms with Crippen molar-refractivity contribution in [2.75, 3.05) is 0 Å². The Kier molecular flexibility index (Phi) is 3.74. The highest BCUT2D eigenvalue weighted by molar-refractivity contribution is 6.04. The third-order valence-corrected chi connectivity index (χ3v) is 3.61. The Bertz CT molecular complexity index is 1040. The lowest BCUT2D eigenvalue weighted by atomic mass is 10.1. The number of carbonyl (C=O) groups excluding carboxylic acids is 1. The number of fused-ring (bicyclic) bond motifs is 1. The molecule has 124 valence electrons. The number of para-hydroxylation sites is 1. The van der Waals surface area contributed by atoms with E-state index in [0.717, 1.165) is 0 Å². The maximum absolute atomic E-state index is 12.6. The van der Waals surface area contributed by atoms with Crippen LogP contribution in [-0.4, -0.2) is 21.1 Å². The number of esters is 1. The van der Waals surface area contributed by atoms with Crippen LogP contribution in [0.15, 0.2) is 57.7 Å². The zero-order chi connectivity index (χ0) is 17.2. The Balaban J connectivity index is 1.70. The number of ether oxygens (including phenoxy) is 1. The molecule has 25 heavy (non-hydrogen) atoms. The highest BCUT2D eigenvalue weighted by atomic mass is 16.6. The van der Waals surface area contributed by atoms with E-state index in [1.807, 2.05) is 24.3 Å². The fourth-order valence-electron chi connectivity index (χ4n) is 2.50. The Hall–Kier alpha value is -3.48. The molecule has 3 heterocycles. The Morgan fingerprint density at radius 3 is 2.80 bits per heavy atom. The molecule has 0 saturated heterocycles. The first kappa shape index (κ1) is 15.1. The normalized spacial score (nSPS) is 10.9. The van der Waals surface area contributed by atoms with E-state index in [0.29, 0.717) is 33.7 Å². The van der Waals surface area contributed by atoms with E-state index in [4.69, 9.17) is 13.7 Å². The monoisotopic (exact) mass is 335 g/mol. The van der Waals surface area contributed by atoms with Crippen molar-refractivity contribution in [3.8, 4) is 11.5 Å². The van der Waals surface area contributed by atoms with Crippen LogP contribution in [0.2, 0.25) is 0 Å². The van der Waals surface area contributed by atoms with Gasteiger partial charge in [0, 0.05) is 5.39 Å². The summed E-state index contributed by atoms with van der Waals surface area (Å²) < 4.78 is 15.7. The maximum Gasteiger partial charge on any atom is 0.339 e. The molecule has 0 spiro atoms. The molecule has 4 rings (SSSR count). The minimum absolute atomic E-state index is 0.0909. The van der Waals surface area contributed by atoms with Gasteiger partial charge in [-0.3, -0.25) is 0 Å². The van der Waals surface area contributed by atoms with Crippen molar-refractivity contribution < 1.29 is 18.5 Å². The molecule has 0 N–H and O–H groups in total. The molecule has 0 bridgehead atoms. The third-order valence-electron chi connectivity index (χ3n) is 3.61. The second kappa shape index (κ2) is 6.20. The van der Waals surface area contributed by atoms with E-state index in [9.17, 15) is 4.79 Å². The Morgan fingerprint density at radius 1 is 1.16 bits per heavy atom. The molecule has 0 aliphatic heterocycles. The number of hydrogen-bond acceptors (Lipinski definition) is 7. The maximum atomic E-state index is 12.6. The standard InChI is InChI=1S/C18H13N3O4/c1-11-19-17(25-21-11)10-24-18(22)13-9-15(16-7-4-8-23-16)20-14-6-3-2-5-12(13)14/h2-9H,10H2,1H3. The molecular weight excluding hydrogens is 322 g/mol. The molecule has 0 atom stereocenters. The predicted octanol–water partition coefficient (Wildman–Crippen LogP) is 3.54. The molecule has 1 aromatic carbocycles. The van der Waals surface area contributed by atoms with Gasteiger partial charge in [-0.15, -0.1) is 0 Å². The van der Waals surface area contributed by atoms with Gasteiger partial charge in [-0.1, -0.05) is 23.4 Å². The number of furan rings is 1. The summed E-state index contributed by atoms with van der Waals surface area (Å²) in [6, 6.07) is 12.6. The number of pyridine rings is 1. The summed E-state index contributed by atoms with van der Waals surface area (Å²) in [5.41, 5.74) is 1.63. The average Bonchev–Trinajstić information content (AvgIpc) is 3.30. The van der Waals surface area contributed by atoms with Crippen molar-refractivity contribution in [3.05, 3.63) is 66.0 Å². The minimum atomic E-state index is -0.498. The summed E-state index contributed by atoms with van der Waals surface area (Å²) in [4.78, 5) is 21.1. The van der Waals surface area contributed by atoms with Gasteiger partial charge in [0.15, 0.2) is 18.2 Å². The van der Waals surface area contributed by atoms with Gasteiger partial charge in [0.1, 0.15) is 5.69 Å². The SMILES string of the molecule is Cc1noc(COC(=O)c2cc(-c3ccco3)nc3ccccc23)n1. The van der Waals surface area contributed by atoms with Crippen LogP contribution in [0.4, 0.5) is 0 Å². The molecule has 0 radical (unpaired) electrons. The fourth-order valence-corrected chi connectivity index (χ4v) is 2.50. The summed E-state index contributed by atoms with van der Waals surface area (Å²) in [7, 11) is 0. The minimum Gasteiger partial charge on any atom is -0.463 e. The molecule has 0 unspecified atom stereocenters. The van der Waals surface area contributed by atoms with Gasteiger partial charge in [0.05, 0.1) is 17.3 Å². The van der Waals surface area contributed by atoms with Gasteiger partial charge in [-0.2, -0.15) is 4.98 Å². The predicted molar refractivity (Wildman–Crippen MR) is 87.6 cm³/mol. The topological polar surface area (TPSA) is 91.2 Å². The first-order chi connectivity index (χ1) is 12.2. The second-order valence-electron chi connectivity index (χ2n) is 5.36. The first-order valence-corrected chi connectivity index (χ1v) is 7.61. The summed E-state index contributed by atoms with van der Waals surface area (Å²) in [6.07, 6.45) is 1.56. The summed E-state index contributed by atoms with van der Waals surface area (Å²) in [5.74, 6) is 0.811. The number of hydrogen-bond donors (Lipinski definition) is 0. The lowest BCUT2D eigenvalue weighted by Crippen LogP contribution is -2.07.